The van der Waals surface area contributed by atoms with E-state index in [1.807, 2.05) is 6.20 Å². The van der Waals surface area contributed by atoms with E-state index in [2.05, 4.69) is 75.5 Å². The fourth-order valence-electron chi connectivity index (χ4n) is 15.0. The fraction of sp³-hybridized carbons (Fsp3) is 0.745. The molecule has 1 amide bonds. The molecule has 6 fully saturated rings. The van der Waals surface area contributed by atoms with Crippen molar-refractivity contribution in [3.05, 3.63) is 41.7 Å². The highest BCUT2D eigenvalue weighted by atomic mass is 32.1. The zero-order chi connectivity index (χ0) is 40.2. The number of nitrogens with zero attached hydrogens (tertiary/aromatic N) is 2. The van der Waals surface area contributed by atoms with Crippen molar-refractivity contribution in [2.45, 2.75) is 151 Å². The third-order valence-electron chi connectivity index (χ3n) is 18.1. The first-order valence-corrected chi connectivity index (χ1v) is 22.7. The molecule has 2 N–H and O–H groups in total. The highest BCUT2D eigenvalue weighted by Crippen LogP contribution is 2.78. The van der Waals surface area contributed by atoms with E-state index in [4.69, 9.17) is 9.72 Å². The molecule has 1 saturated heterocycles. The lowest BCUT2D eigenvalue weighted by Gasteiger charge is -2.73. The molecule has 0 radical (unpaired) electrons. The Morgan fingerprint density at radius 3 is 2.45 bits per heavy atom. The summed E-state index contributed by atoms with van der Waals surface area (Å²) in [6.07, 6.45) is 14.0. The van der Waals surface area contributed by atoms with Crippen LogP contribution >= 0.6 is 11.3 Å². The highest BCUT2D eigenvalue weighted by molar-refractivity contribution is 7.13. The zero-order valence-electron chi connectivity index (χ0n) is 35.3. The topological polar surface area (TPSA) is 113 Å². The quantitative estimate of drug-likeness (QED) is 0.204. The molecule has 1 aliphatic heterocycles. The third kappa shape index (κ3) is 5.76. The minimum Gasteiger partial charge on any atom is -0.481 e. The Kier molecular flexibility index (Phi) is 9.65. The Labute approximate surface area is 339 Å². The van der Waals surface area contributed by atoms with Gasteiger partial charge in [0.2, 0.25) is 5.91 Å². The molecule has 2 aromatic heterocycles. The number of thiophene rings is 1. The van der Waals surface area contributed by atoms with Gasteiger partial charge in [-0.2, -0.15) is 0 Å². The molecule has 306 valence electrons. The number of hydrogen-bond donors (Lipinski definition) is 2. The average Bonchev–Trinajstić information content (AvgIpc) is 3.95. The first-order valence-electron chi connectivity index (χ1n) is 21.8. The number of amides is 1. The number of esters is 1. The van der Waals surface area contributed by atoms with Gasteiger partial charge >= 0.3 is 11.9 Å². The molecule has 0 bridgehead atoms. The summed E-state index contributed by atoms with van der Waals surface area (Å²) in [6.45, 7) is 23.3. The number of rotatable bonds is 8. The lowest BCUT2D eigenvalue weighted by atomic mass is 9.32. The number of likely N-dealkylation sites (tertiary alicyclic amines) is 1. The summed E-state index contributed by atoms with van der Waals surface area (Å²) in [4.78, 5) is 52.3. The van der Waals surface area contributed by atoms with Crippen LogP contribution in [0.5, 0.6) is 0 Å². The Morgan fingerprint density at radius 1 is 0.982 bits per heavy atom. The zero-order valence-corrected chi connectivity index (χ0v) is 36.2. The van der Waals surface area contributed by atoms with Crippen LogP contribution in [0, 0.1) is 62.1 Å². The summed E-state index contributed by atoms with van der Waals surface area (Å²) in [5.41, 5.74) is 0.901. The van der Waals surface area contributed by atoms with Gasteiger partial charge < -0.3 is 19.7 Å². The molecule has 5 aliphatic carbocycles. The third-order valence-corrected chi connectivity index (χ3v) is 19.0. The Balaban J connectivity index is 1.06. The number of aliphatic carboxylic acids is 1. The molecule has 8 nitrogen and oxygen atoms in total. The van der Waals surface area contributed by atoms with Gasteiger partial charge in [0.15, 0.2) is 0 Å². The number of imidazole rings is 1. The van der Waals surface area contributed by atoms with E-state index >= 15 is 4.79 Å². The van der Waals surface area contributed by atoms with E-state index in [1.165, 1.54) is 16.9 Å². The van der Waals surface area contributed by atoms with Gasteiger partial charge in [0.1, 0.15) is 11.9 Å². The van der Waals surface area contributed by atoms with Gasteiger partial charge in [0.25, 0.3) is 0 Å². The SMILES string of the molecule is C=C(C)[C@@H]1CC[C@]2(C(=O)N3CCCC3c3ncc(-c4cccs4)[nH]3)CC[C@]3(C)[C@H](CC[C@@H]4[C@@]5(C)CC[C@H](OC(=O)CC(C)(C)C(=O)O)C(C)(C)C5CC[C@]43C)[C@@H]12. The summed E-state index contributed by atoms with van der Waals surface area (Å²) >= 11 is 1.71. The summed E-state index contributed by atoms with van der Waals surface area (Å²) in [6, 6.07) is 4.18. The van der Waals surface area contributed by atoms with Gasteiger partial charge in [-0.15, -0.1) is 11.3 Å². The average molecular weight is 786 g/mol. The van der Waals surface area contributed by atoms with Crippen molar-refractivity contribution >= 4 is 29.2 Å². The lowest BCUT2D eigenvalue weighted by molar-refractivity contribution is -0.250. The molecule has 56 heavy (non-hydrogen) atoms. The van der Waals surface area contributed by atoms with Crippen LogP contribution in [0.4, 0.5) is 0 Å². The predicted octanol–water partition coefficient (Wildman–Crippen LogP) is 10.9. The van der Waals surface area contributed by atoms with Crippen LogP contribution in [0.2, 0.25) is 0 Å². The van der Waals surface area contributed by atoms with Crippen LogP contribution in [0.25, 0.3) is 10.6 Å². The maximum absolute atomic E-state index is 15.5. The molecule has 2 unspecified atom stereocenters. The van der Waals surface area contributed by atoms with Crippen LogP contribution in [-0.2, 0) is 19.1 Å². The summed E-state index contributed by atoms with van der Waals surface area (Å²) < 4.78 is 6.21. The molecular formula is C47H67N3O5S. The number of H-pyrrole nitrogens is 1. The number of fused-ring (bicyclic) bond motifs is 7. The predicted molar refractivity (Wildman–Crippen MR) is 220 cm³/mol. The van der Waals surface area contributed by atoms with Crippen LogP contribution in [0.15, 0.2) is 35.9 Å². The van der Waals surface area contributed by atoms with Crippen LogP contribution in [-0.4, -0.2) is 50.5 Å². The van der Waals surface area contributed by atoms with Crippen LogP contribution < -0.4 is 0 Å². The van der Waals surface area contributed by atoms with Gasteiger partial charge in [-0.3, -0.25) is 14.4 Å². The second kappa shape index (κ2) is 13.6. The number of aromatic amines is 1. The molecule has 9 heteroatoms. The van der Waals surface area contributed by atoms with Gasteiger partial charge in [-0.05, 0) is 155 Å². The minimum absolute atomic E-state index is 0.00618. The number of allylic oxidation sites excluding steroid dienone is 1. The molecule has 6 aliphatic rings. The first-order chi connectivity index (χ1) is 26.3. The maximum Gasteiger partial charge on any atom is 0.309 e. The number of nitrogens with one attached hydrogen (secondary N) is 1. The number of carbonyl (C=O) groups excluding carboxylic acids is 2. The van der Waals surface area contributed by atoms with Crippen LogP contribution in [0.1, 0.15) is 151 Å². The number of carboxylic acid groups (broad SMARTS) is 1. The molecule has 3 heterocycles. The van der Waals surface area contributed by atoms with Crippen molar-refractivity contribution in [2.75, 3.05) is 6.54 Å². The lowest BCUT2D eigenvalue weighted by Crippen LogP contribution is -2.67. The molecule has 0 aromatic carbocycles. The standard InChI is InChI=1S/C47H67N3O5S/c1-28(2)29-16-21-47(40(52)50-24-10-12-32(50)39-48-27-31(49-39)33-13-11-25-56-33)23-22-45(8)30(38(29)47)14-15-35-44(7)19-18-36(55-37(51)26-42(3,4)41(53)54)43(5,6)34(44)17-20-46(35,45)9/h11,13,25,27,29-30,32,34-36,38H,1,10,12,14-24,26H2,2-9H3,(H,48,49)(H,53,54)/t29-,30+,32?,34?,35+,36-,38+,44-,45+,46+,47-/m0/s1. The van der Waals surface area contributed by atoms with Crippen molar-refractivity contribution < 1.29 is 24.2 Å². The molecule has 11 atom stereocenters. The summed E-state index contributed by atoms with van der Waals surface area (Å²) in [5, 5.41) is 11.7. The van der Waals surface area contributed by atoms with E-state index < -0.39 is 17.4 Å². The first kappa shape index (κ1) is 39.9. The van der Waals surface area contributed by atoms with E-state index in [9.17, 15) is 14.7 Å². The molecular weight excluding hydrogens is 719 g/mol. The van der Waals surface area contributed by atoms with E-state index in [0.717, 1.165) is 88.7 Å². The Morgan fingerprint density at radius 2 is 1.75 bits per heavy atom. The fourth-order valence-corrected chi connectivity index (χ4v) is 15.7. The molecule has 5 saturated carbocycles. The molecule has 0 spiro atoms. The Bertz CT molecular complexity index is 1880. The van der Waals surface area contributed by atoms with Gasteiger partial charge in [-0.25, -0.2) is 4.98 Å². The van der Waals surface area contributed by atoms with Crippen LogP contribution in [0.3, 0.4) is 0 Å². The second-order valence-corrected chi connectivity index (χ2v) is 22.3. The van der Waals surface area contributed by atoms with Crippen molar-refractivity contribution in [1.29, 1.82) is 0 Å². The number of aromatic nitrogens is 2. The van der Waals surface area contributed by atoms with E-state index in [1.54, 1.807) is 25.2 Å². The van der Waals surface area contributed by atoms with E-state index in [-0.39, 0.29) is 45.6 Å². The second-order valence-electron chi connectivity index (χ2n) is 21.4. The minimum atomic E-state index is -1.15. The number of hydrogen-bond acceptors (Lipinski definition) is 6. The largest absolute Gasteiger partial charge is 0.481 e. The van der Waals surface area contributed by atoms with Crippen molar-refractivity contribution in [3.8, 4) is 10.6 Å². The Hall–Kier alpha value is -2.94. The van der Waals surface area contributed by atoms with Gasteiger partial charge in [0, 0.05) is 12.0 Å². The highest BCUT2D eigenvalue weighted by Gasteiger charge is 2.72. The van der Waals surface area contributed by atoms with Gasteiger partial charge in [-0.1, -0.05) is 52.8 Å². The summed E-state index contributed by atoms with van der Waals surface area (Å²) in [5.74, 6) is 2.01. The number of ether oxygens (including phenoxy) is 1. The van der Waals surface area contributed by atoms with Crippen molar-refractivity contribution in [1.82, 2.24) is 14.9 Å². The van der Waals surface area contributed by atoms with E-state index in [0.29, 0.717) is 35.5 Å². The smallest absolute Gasteiger partial charge is 0.309 e. The van der Waals surface area contributed by atoms with Crippen molar-refractivity contribution in [3.63, 3.8) is 0 Å². The maximum atomic E-state index is 15.5. The number of carbonyl (C=O) groups is 3. The molecule has 2 aromatic rings. The number of carboxylic acids is 1. The molecule has 8 rings (SSSR count). The normalized spacial score (nSPS) is 40.2. The monoisotopic (exact) mass is 785 g/mol. The van der Waals surface area contributed by atoms with Gasteiger partial charge in [0.05, 0.1) is 40.1 Å². The van der Waals surface area contributed by atoms with Crippen molar-refractivity contribution in [2.24, 2.45) is 62.1 Å². The summed E-state index contributed by atoms with van der Waals surface area (Å²) in [7, 11) is 0.